The monoisotopic (exact) mass is 243 g/mol. The van der Waals surface area contributed by atoms with E-state index in [0.717, 1.165) is 18.8 Å². The topological polar surface area (TPSA) is 80.8 Å². The lowest BCUT2D eigenvalue weighted by Crippen LogP contribution is -2.37. The van der Waals surface area contributed by atoms with E-state index in [9.17, 15) is 16.8 Å². The number of rotatable bonds is 6. The first kappa shape index (κ1) is 13.4. The molecule has 8 heteroatoms. The quantitative estimate of drug-likeness (QED) is 0.458. The first-order valence-corrected chi connectivity index (χ1v) is 7.29. The second kappa shape index (κ2) is 4.76. The number of hydrogen-bond acceptors (Lipinski definition) is 5. The molecule has 0 spiro atoms. The Morgan fingerprint density at radius 1 is 1.21 bits per heavy atom. The molecule has 0 aromatic heterocycles. The maximum atomic E-state index is 11.0. The molecule has 0 aromatic rings. The van der Waals surface area contributed by atoms with Crippen LogP contribution in [0, 0.1) is 0 Å². The van der Waals surface area contributed by atoms with Crippen molar-refractivity contribution in [1.82, 2.24) is 3.71 Å². The smallest absolute Gasteiger partial charge is 0.224 e. The molecule has 0 saturated carbocycles. The first-order valence-electron chi connectivity index (χ1n) is 3.60. The predicted octanol–water partition coefficient (Wildman–Crippen LogP) is -0.632. The summed E-state index contributed by atoms with van der Waals surface area (Å²) >= 11 is 0. The standard InChI is InChI=1S/C6H13NO5S2/c1-4-12-6-5-7(13(2,8)9)14(3,10)11/h4H,1,5-6H2,2-3H3. The zero-order chi connectivity index (χ0) is 11.4. The maximum Gasteiger partial charge on any atom is 0.224 e. The highest BCUT2D eigenvalue weighted by Crippen LogP contribution is 2.04. The lowest BCUT2D eigenvalue weighted by atomic mass is 10.7. The highest BCUT2D eigenvalue weighted by molar-refractivity contribution is 8.03. The molecule has 0 bridgehead atoms. The van der Waals surface area contributed by atoms with Gasteiger partial charge in [0.05, 0.1) is 25.3 Å². The van der Waals surface area contributed by atoms with Crippen molar-refractivity contribution < 1.29 is 21.6 Å². The average molecular weight is 243 g/mol. The molecule has 6 nitrogen and oxygen atoms in total. The molecule has 0 heterocycles. The van der Waals surface area contributed by atoms with Crippen molar-refractivity contribution in [2.45, 2.75) is 0 Å². The molecule has 0 atom stereocenters. The van der Waals surface area contributed by atoms with Crippen LogP contribution in [0.1, 0.15) is 0 Å². The summed E-state index contributed by atoms with van der Waals surface area (Å²) in [7, 11) is -7.54. The summed E-state index contributed by atoms with van der Waals surface area (Å²) in [5.74, 6) is 0. The molecule has 0 aliphatic heterocycles. The zero-order valence-corrected chi connectivity index (χ0v) is 9.64. The van der Waals surface area contributed by atoms with E-state index in [4.69, 9.17) is 0 Å². The second-order valence-corrected chi connectivity index (χ2v) is 6.60. The Morgan fingerprint density at radius 2 is 1.64 bits per heavy atom. The summed E-state index contributed by atoms with van der Waals surface area (Å²) in [6.07, 6.45) is 2.76. The normalized spacial score (nSPS) is 12.8. The van der Waals surface area contributed by atoms with Crippen molar-refractivity contribution in [3.8, 4) is 0 Å². The van der Waals surface area contributed by atoms with Gasteiger partial charge >= 0.3 is 0 Å². The van der Waals surface area contributed by atoms with Crippen molar-refractivity contribution in [2.24, 2.45) is 0 Å². The highest BCUT2D eigenvalue weighted by Gasteiger charge is 2.26. The third kappa shape index (κ3) is 4.58. The van der Waals surface area contributed by atoms with Crippen LogP contribution in [0.4, 0.5) is 0 Å². The maximum absolute atomic E-state index is 11.0. The van der Waals surface area contributed by atoms with Gasteiger partial charge in [-0.25, -0.2) is 16.8 Å². The summed E-state index contributed by atoms with van der Waals surface area (Å²) in [5, 5.41) is 0. The van der Waals surface area contributed by atoms with Gasteiger partial charge in [0.2, 0.25) is 20.0 Å². The van der Waals surface area contributed by atoms with Gasteiger partial charge in [-0.05, 0) is 0 Å². The molecule has 0 N–H and O–H groups in total. The molecule has 0 radical (unpaired) electrons. The summed E-state index contributed by atoms with van der Waals surface area (Å²) in [5.41, 5.74) is 0. The zero-order valence-electron chi connectivity index (χ0n) is 8.00. The Hall–Kier alpha value is -0.600. The molecular formula is C6H13NO5S2. The molecule has 0 rings (SSSR count). The molecule has 0 saturated heterocycles. The van der Waals surface area contributed by atoms with E-state index in [1.807, 2.05) is 0 Å². The third-order valence-electron chi connectivity index (χ3n) is 1.25. The summed E-state index contributed by atoms with van der Waals surface area (Å²) < 4.78 is 49.2. The second-order valence-electron chi connectivity index (χ2n) is 2.56. The van der Waals surface area contributed by atoms with E-state index < -0.39 is 20.0 Å². The van der Waals surface area contributed by atoms with E-state index in [-0.39, 0.29) is 13.2 Å². The molecule has 0 aliphatic rings. The Kier molecular flexibility index (Phi) is 4.56. The van der Waals surface area contributed by atoms with Crippen LogP contribution in [0.2, 0.25) is 0 Å². The largest absolute Gasteiger partial charge is 0.500 e. The Labute approximate surface area is 84.3 Å². The van der Waals surface area contributed by atoms with Crippen LogP contribution in [-0.2, 0) is 24.8 Å². The van der Waals surface area contributed by atoms with Crippen LogP contribution in [0.5, 0.6) is 0 Å². The Balaban J connectivity index is 4.70. The van der Waals surface area contributed by atoms with Gasteiger partial charge in [-0.15, -0.1) is 0 Å². The number of nitrogens with zero attached hydrogens (tertiary/aromatic N) is 1. The van der Waals surface area contributed by atoms with E-state index in [1.54, 1.807) is 0 Å². The average Bonchev–Trinajstić information content (AvgIpc) is 1.92. The molecular weight excluding hydrogens is 230 g/mol. The van der Waals surface area contributed by atoms with Gasteiger partial charge in [0.25, 0.3) is 0 Å². The van der Waals surface area contributed by atoms with Gasteiger partial charge in [-0.3, -0.25) is 0 Å². The van der Waals surface area contributed by atoms with Crippen molar-refractivity contribution in [3.63, 3.8) is 0 Å². The van der Waals surface area contributed by atoms with Crippen molar-refractivity contribution in [3.05, 3.63) is 12.8 Å². The van der Waals surface area contributed by atoms with Gasteiger partial charge in [0.15, 0.2) is 0 Å². The van der Waals surface area contributed by atoms with Crippen molar-refractivity contribution >= 4 is 20.0 Å². The molecule has 0 fully saturated rings. The van der Waals surface area contributed by atoms with Crippen molar-refractivity contribution in [1.29, 1.82) is 0 Å². The van der Waals surface area contributed by atoms with Crippen LogP contribution in [-0.4, -0.2) is 46.2 Å². The SMILES string of the molecule is C=COCCN(S(C)(=O)=O)S(C)(=O)=O. The minimum Gasteiger partial charge on any atom is -0.500 e. The Morgan fingerprint density at radius 3 is 1.93 bits per heavy atom. The van der Waals surface area contributed by atoms with Gasteiger partial charge in [0, 0.05) is 0 Å². The van der Waals surface area contributed by atoms with Crippen LogP contribution in [0.15, 0.2) is 12.8 Å². The number of ether oxygens (including phenoxy) is 1. The fraction of sp³-hybridized carbons (Fsp3) is 0.667. The van der Waals surface area contributed by atoms with E-state index >= 15 is 0 Å². The first-order chi connectivity index (χ1) is 6.19. The van der Waals surface area contributed by atoms with Crippen molar-refractivity contribution in [2.75, 3.05) is 25.7 Å². The molecule has 0 aliphatic carbocycles. The van der Waals surface area contributed by atoms with Crippen LogP contribution >= 0.6 is 0 Å². The minimum atomic E-state index is -3.77. The summed E-state index contributed by atoms with van der Waals surface area (Å²) in [6.45, 7) is 2.94. The molecule has 14 heavy (non-hydrogen) atoms. The van der Waals surface area contributed by atoms with Crippen LogP contribution < -0.4 is 0 Å². The van der Waals surface area contributed by atoms with Crippen LogP contribution in [0.3, 0.4) is 0 Å². The lowest BCUT2D eigenvalue weighted by molar-refractivity contribution is 0.242. The number of sulfonamides is 2. The predicted molar refractivity (Wildman–Crippen MR) is 52.5 cm³/mol. The fourth-order valence-electron chi connectivity index (χ4n) is 0.788. The van der Waals surface area contributed by atoms with E-state index in [0.29, 0.717) is 3.71 Å². The molecule has 84 valence electrons. The number of hydrogen-bond donors (Lipinski definition) is 0. The van der Waals surface area contributed by atoms with Gasteiger partial charge in [-0.2, -0.15) is 0 Å². The van der Waals surface area contributed by atoms with E-state index in [2.05, 4.69) is 11.3 Å². The highest BCUT2D eigenvalue weighted by atomic mass is 32.3. The van der Waals surface area contributed by atoms with E-state index in [1.165, 1.54) is 0 Å². The van der Waals surface area contributed by atoms with Gasteiger partial charge in [-0.1, -0.05) is 10.3 Å². The molecule has 0 amide bonds. The minimum absolute atomic E-state index is 0.0519. The van der Waals surface area contributed by atoms with Gasteiger partial charge < -0.3 is 4.74 Å². The molecule has 0 unspecified atom stereocenters. The van der Waals surface area contributed by atoms with Gasteiger partial charge in [0.1, 0.15) is 6.61 Å². The Bertz CT molecular complexity index is 350. The van der Waals surface area contributed by atoms with Crippen LogP contribution in [0.25, 0.3) is 0 Å². The lowest BCUT2D eigenvalue weighted by Gasteiger charge is -2.16. The molecule has 0 aromatic carbocycles. The third-order valence-corrected chi connectivity index (χ3v) is 4.72. The summed E-state index contributed by atoms with van der Waals surface area (Å²) in [6, 6.07) is 0. The fourth-order valence-corrected chi connectivity index (χ4v) is 3.57. The summed E-state index contributed by atoms with van der Waals surface area (Å²) in [4.78, 5) is 0.